The number of likely N-dealkylation sites (N-methyl/N-ethyl adjacent to an activating group) is 1. The molecular weight excluding hydrogens is 312 g/mol. The van der Waals surface area contributed by atoms with Crippen LogP contribution in [0.2, 0.25) is 0 Å². The van der Waals surface area contributed by atoms with Crippen LogP contribution in [0.1, 0.15) is 58.2 Å². The minimum absolute atomic E-state index is 0.0364. The van der Waals surface area contributed by atoms with E-state index >= 15 is 0 Å². The molecule has 0 spiro atoms. The third-order valence-electron chi connectivity index (χ3n) is 3.60. The third-order valence-corrected chi connectivity index (χ3v) is 4.80. The number of rotatable bonds is 7. The van der Waals surface area contributed by atoms with Crippen LogP contribution in [0.4, 0.5) is 4.79 Å². The largest absolute Gasteiger partial charge is 0.443 e. The number of Topliss-reactive ketones (excluding diaryl/α,β-unsaturated/α-hetero) is 1. The van der Waals surface area contributed by atoms with Gasteiger partial charge in [0.15, 0.2) is 5.78 Å². The molecule has 1 rings (SSSR count). The molecule has 130 valence electrons. The van der Waals surface area contributed by atoms with Crippen LogP contribution in [0.15, 0.2) is 5.38 Å². The number of ether oxygens (including phenoxy) is 1. The number of hydrogen-bond acceptors (Lipinski definition) is 5. The molecule has 0 aliphatic rings. The SMILES string of the molecule is CC(C)C(=O)C(C(C)C)N(C)C(=O)OCc1csc(C(C)C)n1. The molecule has 1 atom stereocenters. The van der Waals surface area contributed by atoms with Gasteiger partial charge in [-0.2, -0.15) is 0 Å². The minimum Gasteiger partial charge on any atom is -0.443 e. The monoisotopic (exact) mass is 340 g/mol. The van der Waals surface area contributed by atoms with Crippen LogP contribution >= 0.6 is 11.3 Å². The van der Waals surface area contributed by atoms with E-state index in [2.05, 4.69) is 18.8 Å². The number of aromatic nitrogens is 1. The third kappa shape index (κ3) is 5.30. The van der Waals surface area contributed by atoms with Gasteiger partial charge < -0.3 is 9.64 Å². The highest BCUT2D eigenvalue weighted by Gasteiger charge is 2.31. The molecule has 0 fully saturated rings. The number of ketones is 1. The van der Waals surface area contributed by atoms with Gasteiger partial charge in [-0.05, 0) is 5.92 Å². The van der Waals surface area contributed by atoms with Crippen molar-refractivity contribution in [3.05, 3.63) is 16.1 Å². The van der Waals surface area contributed by atoms with E-state index in [1.54, 1.807) is 18.4 Å². The maximum absolute atomic E-state index is 12.3. The zero-order valence-corrected chi connectivity index (χ0v) is 15.9. The highest BCUT2D eigenvalue weighted by Crippen LogP contribution is 2.20. The van der Waals surface area contributed by atoms with Crippen molar-refractivity contribution >= 4 is 23.2 Å². The Morgan fingerprint density at radius 1 is 1.22 bits per heavy atom. The molecule has 5 nitrogen and oxygen atoms in total. The molecule has 1 amide bonds. The second kappa shape index (κ2) is 8.43. The lowest BCUT2D eigenvalue weighted by Crippen LogP contribution is -2.47. The van der Waals surface area contributed by atoms with Gasteiger partial charge in [0.25, 0.3) is 0 Å². The summed E-state index contributed by atoms with van der Waals surface area (Å²) in [4.78, 5) is 30.4. The lowest BCUT2D eigenvalue weighted by atomic mass is 9.92. The summed E-state index contributed by atoms with van der Waals surface area (Å²) in [5.41, 5.74) is 0.747. The Bertz CT molecular complexity index is 538. The Balaban J connectivity index is 2.69. The van der Waals surface area contributed by atoms with Crippen molar-refractivity contribution in [3.8, 4) is 0 Å². The Labute approximate surface area is 143 Å². The zero-order valence-electron chi connectivity index (χ0n) is 15.1. The Hall–Kier alpha value is -1.43. The highest BCUT2D eigenvalue weighted by molar-refractivity contribution is 7.09. The fourth-order valence-corrected chi connectivity index (χ4v) is 3.13. The molecule has 23 heavy (non-hydrogen) atoms. The standard InChI is InChI=1S/C17H28N2O3S/c1-10(2)14(15(20)11(3)4)19(7)17(21)22-8-13-9-23-16(18-13)12(5)6/h9-12,14H,8H2,1-7H3. The van der Waals surface area contributed by atoms with Crippen molar-refractivity contribution in [2.45, 2.75) is 60.1 Å². The van der Waals surface area contributed by atoms with E-state index in [4.69, 9.17) is 4.74 Å². The Morgan fingerprint density at radius 3 is 2.26 bits per heavy atom. The van der Waals surface area contributed by atoms with Crippen LogP contribution in [0.25, 0.3) is 0 Å². The summed E-state index contributed by atoms with van der Waals surface area (Å²) in [5.74, 6) is 0.329. The summed E-state index contributed by atoms with van der Waals surface area (Å²) in [7, 11) is 1.62. The second-order valence-corrected chi connectivity index (χ2v) is 7.63. The first-order chi connectivity index (χ1) is 10.6. The Kier molecular flexibility index (Phi) is 7.19. The van der Waals surface area contributed by atoms with E-state index in [0.29, 0.717) is 5.92 Å². The van der Waals surface area contributed by atoms with E-state index in [-0.39, 0.29) is 24.2 Å². The first-order valence-corrected chi connectivity index (χ1v) is 8.90. The van der Waals surface area contributed by atoms with Crippen LogP contribution in [0.5, 0.6) is 0 Å². The molecule has 1 unspecified atom stereocenters. The highest BCUT2D eigenvalue weighted by atomic mass is 32.1. The second-order valence-electron chi connectivity index (χ2n) is 6.74. The van der Waals surface area contributed by atoms with Crippen LogP contribution in [-0.2, 0) is 16.1 Å². The van der Waals surface area contributed by atoms with E-state index < -0.39 is 12.1 Å². The fourth-order valence-electron chi connectivity index (χ4n) is 2.31. The molecule has 1 aromatic rings. The molecule has 6 heteroatoms. The first kappa shape index (κ1) is 19.6. The molecule has 0 bridgehead atoms. The van der Waals surface area contributed by atoms with Crippen molar-refractivity contribution in [2.75, 3.05) is 7.05 Å². The van der Waals surface area contributed by atoms with Gasteiger partial charge in [0.2, 0.25) is 0 Å². The summed E-state index contributed by atoms with van der Waals surface area (Å²) in [6.07, 6.45) is -0.489. The minimum atomic E-state index is -0.489. The fraction of sp³-hybridized carbons (Fsp3) is 0.706. The van der Waals surface area contributed by atoms with Crippen molar-refractivity contribution in [1.29, 1.82) is 0 Å². The van der Waals surface area contributed by atoms with Gasteiger partial charge in [-0.3, -0.25) is 4.79 Å². The van der Waals surface area contributed by atoms with Gasteiger partial charge in [0.1, 0.15) is 6.61 Å². The van der Waals surface area contributed by atoms with Crippen LogP contribution in [0, 0.1) is 11.8 Å². The van der Waals surface area contributed by atoms with Gasteiger partial charge in [-0.25, -0.2) is 9.78 Å². The maximum Gasteiger partial charge on any atom is 0.410 e. The van der Waals surface area contributed by atoms with Crippen LogP contribution in [0.3, 0.4) is 0 Å². The van der Waals surface area contributed by atoms with E-state index in [9.17, 15) is 9.59 Å². The first-order valence-electron chi connectivity index (χ1n) is 8.02. The molecule has 0 aromatic carbocycles. The molecule has 0 aliphatic carbocycles. The van der Waals surface area contributed by atoms with Crippen molar-refractivity contribution in [1.82, 2.24) is 9.88 Å². The lowest BCUT2D eigenvalue weighted by Gasteiger charge is -2.30. The number of thiazole rings is 1. The van der Waals surface area contributed by atoms with Gasteiger partial charge in [-0.1, -0.05) is 41.5 Å². The average molecular weight is 340 g/mol. The van der Waals surface area contributed by atoms with Crippen LogP contribution < -0.4 is 0 Å². The van der Waals surface area contributed by atoms with Gasteiger partial charge >= 0.3 is 6.09 Å². The van der Waals surface area contributed by atoms with Gasteiger partial charge in [0, 0.05) is 24.3 Å². The van der Waals surface area contributed by atoms with E-state index in [0.717, 1.165) is 10.7 Å². The molecule has 0 aliphatic heterocycles. The van der Waals surface area contributed by atoms with E-state index in [1.807, 2.05) is 33.1 Å². The lowest BCUT2D eigenvalue weighted by molar-refractivity contribution is -0.127. The van der Waals surface area contributed by atoms with Gasteiger partial charge in [0.05, 0.1) is 16.7 Å². The summed E-state index contributed by atoms with van der Waals surface area (Å²) in [5, 5.41) is 2.93. The smallest absolute Gasteiger partial charge is 0.410 e. The summed E-state index contributed by atoms with van der Waals surface area (Å²) in [6.45, 7) is 11.8. The molecular formula is C17H28N2O3S. The number of carbonyl (C=O) groups excluding carboxylic acids is 2. The number of amides is 1. The zero-order chi connectivity index (χ0) is 17.7. The predicted octanol–water partition coefficient (Wildman–Crippen LogP) is 4.08. The quantitative estimate of drug-likeness (QED) is 0.750. The maximum atomic E-state index is 12.3. The normalized spacial score (nSPS) is 12.8. The number of hydrogen-bond donors (Lipinski definition) is 0. The number of nitrogens with zero attached hydrogens (tertiary/aromatic N) is 2. The molecule has 0 N–H and O–H groups in total. The van der Waals surface area contributed by atoms with Crippen molar-refractivity contribution in [2.24, 2.45) is 11.8 Å². The molecule has 1 heterocycles. The topological polar surface area (TPSA) is 59.5 Å². The van der Waals surface area contributed by atoms with Gasteiger partial charge in [-0.15, -0.1) is 11.3 Å². The van der Waals surface area contributed by atoms with Crippen molar-refractivity contribution in [3.63, 3.8) is 0 Å². The number of carbonyl (C=O) groups is 2. The molecule has 0 radical (unpaired) electrons. The molecule has 0 saturated heterocycles. The molecule has 0 saturated carbocycles. The average Bonchev–Trinajstić information content (AvgIpc) is 2.93. The van der Waals surface area contributed by atoms with Crippen molar-refractivity contribution < 1.29 is 14.3 Å². The summed E-state index contributed by atoms with van der Waals surface area (Å²) < 4.78 is 5.32. The molecule has 1 aromatic heterocycles. The predicted molar refractivity (Wildman–Crippen MR) is 92.6 cm³/mol. The Morgan fingerprint density at radius 2 is 1.83 bits per heavy atom. The van der Waals surface area contributed by atoms with E-state index in [1.165, 1.54) is 4.90 Å². The summed E-state index contributed by atoms with van der Waals surface area (Å²) >= 11 is 1.57. The van der Waals surface area contributed by atoms with Crippen LogP contribution in [-0.4, -0.2) is 34.8 Å². The summed E-state index contributed by atoms with van der Waals surface area (Å²) in [6, 6.07) is -0.468.